The van der Waals surface area contributed by atoms with Gasteiger partial charge in [0.05, 0.1) is 13.2 Å². The Balaban J connectivity index is 1.38. The summed E-state index contributed by atoms with van der Waals surface area (Å²) in [6.45, 7) is 4.46. The summed E-state index contributed by atoms with van der Waals surface area (Å²) in [5.41, 5.74) is 1.74. The van der Waals surface area contributed by atoms with E-state index in [1.807, 2.05) is 30.3 Å². The van der Waals surface area contributed by atoms with Gasteiger partial charge in [-0.2, -0.15) is 0 Å². The van der Waals surface area contributed by atoms with E-state index in [0.29, 0.717) is 30.9 Å². The van der Waals surface area contributed by atoms with Crippen molar-refractivity contribution in [3.8, 4) is 0 Å². The predicted octanol–water partition coefficient (Wildman–Crippen LogP) is 3.52. The third-order valence-electron chi connectivity index (χ3n) is 5.84. The summed E-state index contributed by atoms with van der Waals surface area (Å²) in [7, 11) is 0. The Bertz CT molecular complexity index is 852. The number of amides is 1. The first-order chi connectivity index (χ1) is 14.1. The lowest BCUT2D eigenvalue weighted by Crippen LogP contribution is -2.42. The lowest BCUT2D eigenvalue weighted by atomic mass is 9.96. The van der Waals surface area contributed by atoms with Gasteiger partial charge in [0.25, 0.3) is 0 Å². The Kier molecular flexibility index (Phi) is 5.94. The van der Waals surface area contributed by atoms with Gasteiger partial charge in [0, 0.05) is 30.9 Å². The van der Waals surface area contributed by atoms with Crippen LogP contribution in [0.25, 0.3) is 0 Å². The number of nitrogens with zero attached hydrogens (tertiary/aromatic N) is 1. The summed E-state index contributed by atoms with van der Waals surface area (Å²) in [4.78, 5) is 14.6. The van der Waals surface area contributed by atoms with Crippen molar-refractivity contribution < 1.29 is 18.7 Å². The van der Waals surface area contributed by atoms with Gasteiger partial charge in [-0.15, -0.1) is 0 Å². The van der Waals surface area contributed by atoms with Crippen LogP contribution >= 0.6 is 0 Å². The average molecular weight is 398 g/mol. The molecule has 0 unspecified atom stereocenters. The standard InChI is InChI=1S/C23H27FN2O3/c1-17-19(24)9-5-10-20(17)25-22(27)14-26-13-21(23(16-26)11-6-12-29-23)28-15-18-7-3-2-4-8-18/h2-5,7-10,21H,6,11-16H2,1H3,(H,25,27)/t21-,23-/m0/s1. The first kappa shape index (κ1) is 20.0. The SMILES string of the molecule is Cc1c(F)cccc1NC(=O)CN1C[C@H](OCc2ccccc2)[C@]2(CCCO2)C1. The number of carbonyl (C=O) groups excluding carboxylic acids is 1. The van der Waals surface area contributed by atoms with E-state index in [9.17, 15) is 9.18 Å². The third kappa shape index (κ3) is 4.50. The summed E-state index contributed by atoms with van der Waals surface area (Å²) in [5.74, 6) is -0.479. The van der Waals surface area contributed by atoms with Crippen LogP contribution in [0.3, 0.4) is 0 Å². The summed E-state index contributed by atoms with van der Waals surface area (Å²) in [6.07, 6.45) is 1.87. The van der Waals surface area contributed by atoms with Crippen molar-refractivity contribution in [1.29, 1.82) is 0 Å². The van der Waals surface area contributed by atoms with E-state index in [1.54, 1.807) is 19.1 Å². The number of rotatable bonds is 6. The number of ether oxygens (including phenoxy) is 2. The molecule has 154 valence electrons. The van der Waals surface area contributed by atoms with E-state index in [2.05, 4.69) is 10.2 Å². The summed E-state index contributed by atoms with van der Waals surface area (Å²) in [5, 5.41) is 2.83. The molecule has 4 rings (SSSR count). The molecule has 1 N–H and O–H groups in total. The second-order valence-electron chi connectivity index (χ2n) is 7.93. The Hall–Kier alpha value is -2.28. The molecule has 2 aliphatic heterocycles. The Morgan fingerprint density at radius 2 is 2.10 bits per heavy atom. The largest absolute Gasteiger partial charge is 0.371 e. The van der Waals surface area contributed by atoms with Crippen LogP contribution < -0.4 is 5.32 Å². The zero-order chi connectivity index (χ0) is 20.3. The highest BCUT2D eigenvalue weighted by Gasteiger charge is 2.50. The monoisotopic (exact) mass is 398 g/mol. The van der Waals surface area contributed by atoms with Crippen molar-refractivity contribution in [2.45, 2.75) is 38.1 Å². The van der Waals surface area contributed by atoms with Crippen LogP contribution in [0.1, 0.15) is 24.0 Å². The maximum atomic E-state index is 13.7. The van der Waals surface area contributed by atoms with Crippen molar-refractivity contribution >= 4 is 11.6 Å². The van der Waals surface area contributed by atoms with Gasteiger partial charge in [0.1, 0.15) is 17.5 Å². The quantitative estimate of drug-likeness (QED) is 0.809. The number of hydrogen-bond donors (Lipinski definition) is 1. The normalized spacial score (nSPS) is 24.3. The molecule has 1 amide bonds. The summed E-state index contributed by atoms with van der Waals surface area (Å²) in [6, 6.07) is 14.8. The lowest BCUT2D eigenvalue weighted by molar-refractivity contribution is -0.117. The molecule has 0 saturated carbocycles. The molecule has 29 heavy (non-hydrogen) atoms. The number of anilines is 1. The van der Waals surface area contributed by atoms with Gasteiger partial charge in [-0.3, -0.25) is 9.69 Å². The van der Waals surface area contributed by atoms with Gasteiger partial charge in [0.2, 0.25) is 5.91 Å². The molecule has 2 heterocycles. The molecular formula is C23H27FN2O3. The molecule has 0 aliphatic carbocycles. The van der Waals surface area contributed by atoms with Crippen molar-refractivity contribution in [2.24, 2.45) is 0 Å². The zero-order valence-electron chi connectivity index (χ0n) is 16.7. The predicted molar refractivity (Wildman–Crippen MR) is 109 cm³/mol. The van der Waals surface area contributed by atoms with E-state index >= 15 is 0 Å². The molecule has 1 spiro atoms. The highest BCUT2D eigenvalue weighted by Crippen LogP contribution is 2.37. The van der Waals surface area contributed by atoms with Gasteiger partial charge in [-0.25, -0.2) is 4.39 Å². The van der Waals surface area contributed by atoms with Crippen LogP contribution in [0.2, 0.25) is 0 Å². The fraction of sp³-hybridized carbons (Fsp3) is 0.435. The van der Waals surface area contributed by atoms with E-state index < -0.39 is 0 Å². The molecule has 2 aromatic rings. The Morgan fingerprint density at radius 3 is 2.86 bits per heavy atom. The minimum Gasteiger partial charge on any atom is -0.371 e. The van der Waals surface area contributed by atoms with Gasteiger partial charge in [0.15, 0.2) is 0 Å². The van der Waals surface area contributed by atoms with Crippen molar-refractivity contribution in [1.82, 2.24) is 4.90 Å². The second-order valence-corrected chi connectivity index (χ2v) is 7.93. The molecule has 2 fully saturated rings. The fourth-order valence-electron chi connectivity index (χ4n) is 4.28. The zero-order valence-corrected chi connectivity index (χ0v) is 16.7. The first-order valence-electron chi connectivity index (χ1n) is 10.1. The molecule has 6 heteroatoms. The van der Waals surface area contributed by atoms with Crippen LogP contribution in [0.4, 0.5) is 10.1 Å². The topological polar surface area (TPSA) is 50.8 Å². The average Bonchev–Trinajstić information content (AvgIpc) is 3.32. The number of hydrogen-bond acceptors (Lipinski definition) is 4. The lowest BCUT2D eigenvalue weighted by Gasteiger charge is -2.29. The fourth-order valence-corrected chi connectivity index (χ4v) is 4.28. The number of nitrogens with one attached hydrogen (secondary N) is 1. The maximum absolute atomic E-state index is 13.7. The highest BCUT2D eigenvalue weighted by atomic mass is 19.1. The number of halogens is 1. The molecule has 2 aliphatic rings. The number of likely N-dealkylation sites (tertiary alicyclic amines) is 1. The molecule has 2 atom stereocenters. The summed E-state index contributed by atoms with van der Waals surface area (Å²) < 4.78 is 26.1. The van der Waals surface area contributed by atoms with Crippen LogP contribution in [0.5, 0.6) is 0 Å². The maximum Gasteiger partial charge on any atom is 0.238 e. The molecule has 0 radical (unpaired) electrons. The molecular weight excluding hydrogens is 371 g/mol. The van der Waals surface area contributed by atoms with Gasteiger partial charge < -0.3 is 14.8 Å². The van der Waals surface area contributed by atoms with E-state index in [4.69, 9.17) is 9.47 Å². The minimum atomic E-state index is -0.343. The van der Waals surface area contributed by atoms with E-state index in [0.717, 1.165) is 25.0 Å². The summed E-state index contributed by atoms with van der Waals surface area (Å²) >= 11 is 0. The molecule has 0 bridgehead atoms. The third-order valence-corrected chi connectivity index (χ3v) is 5.84. The van der Waals surface area contributed by atoms with E-state index in [-0.39, 0.29) is 30.0 Å². The van der Waals surface area contributed by atoms with Crippen LogP contribution in [0.15, 0.2) is 48.5 Å². The molecule has 2 saturated heterocycles. The highest BCUT2D eigenvalue weighted by molar-refractivity contribution is 5.93. The van der Waals surface area contributed by atoms with Gasteiger partial charge in [-0.1, -0.05) is 36.4 Å². The smallest absolute Gasteiger partial charge is 0.238 e. The van der Waals surface area contributed by atoms with Crippen LogP contribution in [0, 0.1) is 12.7 Å². The molecule has 2 aromatic carbocycles. The van der Waals surface area contributed by atoms with Gasteiger partial charge >= 0.3 is 0 Å². The van der Waals surface area contributed by atoms with Crippen molar-refractivity contribution in [2.75, 3.05) is 31.6 Å². The molecule has 5 nitrogen and oxygen atoms in total. The second kappa shape index (κ2) is 8.61. The molecule has 0 aromatic heterocycles. The Labute approximate surface area is 170 Å². The van der Waals surface area contributed by atoms with Crippen molar-refractivity contribution in [3.63, 3.8) is 0 Å². The van der Waals surface area contributed by atoms with Gasteiger partial charge in [-0.05, 0) is 37.5 Å². The van der Waals surface area contributed by atoms with Crippen molar-refractivity contribution in [3.05, 3.63) is 65.5 Å². The number of carbonyl (C=O) groups is 1. The van der Waals surface area contributed by atoms with Crippen LogP contribution in [-0.4, -0.2) is 48.8 Å². The Morgan fingerprint density at radius 1 is 1.28 bits per heavy atom. The van der Waals surface area contributed by atoms with Crippen LogP contribution in [-0.2, 0) is 20.9 Å². The van der Waals surface area contributed by atoms with E-state index in [1.165, 1.54) is 6.07 Å². The number of benzene rings is 2. The first-order valence-corrected chi connectivity index (χ1v) is 10.1. The minimum absolute atomic E-state index is 0.0751.